The Morgan fingerprint density at radius 1 is 0.526 bits per heavy atom. The molecule has 0 aliphatic carbocycles. The lowest BCUT2D eigenvalue weighted by molar-refractivity contribution is 0.632. The van der Waals surface area contributed by atoms with Crippen LogP contribution in [0.2, 0.25) is 0 Å². The van der Waals surface area contributed by atoms with Gasteiger partial charge in [-0.3, -0.25) is 0 Å². The average Bonchev–Trinajstić information content (AvgIpc) is 2.49. The van der Waals surface area contributed by atoms with Gasteiger partial charge in [0.2, 0.25) is 0 Å². The van der Waals surface area contributed by atoms with Crippen molar-refractivity contribution < 1.29 is 4.39 Å². The van der Waals surface area contributed by atoms with Crippen LogP contribution in [0.4, 0.5) is 4.39 Å². The predicted octanol–water partition coefficient (Wildman–Crippen LogP) is 5.16. The molecule has 0 atom stereocenters. The normalized spacial score (nSPS) is 10.4. The molecule has 0 saturated heterocycles. The summed E-state index contributed by atoms with van der Waals surface area (Å²) in [5, 5.41) is 0. The fourth-order valence-corrected chi connectivity index (χ4v) is 2.28. The summed E-state index contributed by atoms with van der Waals surface area (Å²) in [5.41, 5.74) is 3.52. The van der Waals surface area contributed by atoms with E-state index >= 15 is 0 Å². The zero-order valence-corrected chi connectivity index (χ0v) is 10.4. The van der Waals surface area contributed by atoms with Crippen molar-refractivity contribution in [3.8, 4) is 22.3 Å². The molecule has 0 aromatic heterocycles. The van der Waals surface area contributed by atoms with E-state index in [1.807, 2.05) is 66.7 Å². The molecule has 92 valence electrons. The van der Waals surface area contributed by atoms with Gasteiger partial charge in [0.05, 0.1) is 0 Å². The van der Waals surface area contributed by atoms with Crippen molar-refractivity contribution in [1.82, 2.24) is 0 Å². The van der Waals surface area contributed by atoms with Gasteiger partial charge in [0, 0.05) is 5.56 Å². The zero-order valence-electron chi connectivity index (χ0n) is 10.4. The minimum Gasteiger partial charge on any atom is -0.206 e. The summed E-state index contributed by atoms with van der Waals surface area (Å²) in [5.74, 6) is -0.187. The van der Waals surface area contributed by atoms with Gasteiger partial charge < -0.3 is 0 Å². The Balaban J connectivity index is 2.25. The Morgan fingerprint density at radius 3 is 1.74 bits per heavy atom. The largest absolute Gasteiger partial charge is 0.206 e. The molecule has 0 saturated carbocycles. The van der Waals surface area contributed by atoms with Crippen LogP contribution in [0.3, 0.4) is 0 Å². The van der Waals surface area contributed by atoms with E-state index in [9.17, 15) is 4.39 Å². The Bertz CT molecular complexity index is 673. The van der Waals surface area contributed by atoms with E-state index in [1.165, 1.54) is 6.07 Å². The molecule has 0 spiro atoms. The Kier molecular flexibility index (Phi) is 3.11. The first-order chi connectivity index (χ1) is 9.36. The van der Waals surface area contributed by atoms with Crippen LogP contribution in [-0.4, -0.2) is 0 Å². The van der Waals surface area contributed by atoms with Crippen LogP contribution in [0, 0.1) is 5.82 Å². The molecule has 0 aliphatic rings. The monoisotopic (exact) mass is 248 g/mol. The third kappa shape index (κ3) is 2.27. The van der Waals surface area contributed by atoms with Gasteiger partial charge in [0.25, 0.3) is 0 Å². The van der Waals surface area contributed by atoms with Gasteiger partial charge in [0.1, 0.15) is 5.82 Å². The molecule has 0 nitrogen and oxygen atoms in total. The molecular formula is C18H13F. The van der Waals surface area contributed by atoms with Crippen LogP contribution in [0.15, 0.2) is 78.9 Å². The van der Waals surface area contributed by atoms with Crippen molar-refractivity contribution in [3.05, 3.63) is 84.7 Å². The van der Waals surface area contributed by atoms with Gasteiger partial charge in [-0.25, -0.2) is 4.39 Å². The summed E-state index contributed by atoms with van der Waals surface area (Å²) in [4.78, 5) is 0. The second kappa shape index (κ2) is 5.07. The lowest BCUT2D eigenvalue weighted by Gasteiger charge is -2.11. The lowest BCUT2D eigenvalue weighted by Crippen LogP contribution is -1.89. The van der Waals surface area contributed by atoms with Gasteiger partial charge in [-0.1, -0.05) is 72.8 Å². The molecule has 0 unspecified atom stereocenters. The van der Waals surface area contributed by atoms with E-state index in [4.69, 9.17) is 0 Å². The number of rotatable bonds is 2. The maximum absolute atomic E-state index is 14.2. The van der Waals surface area contributed by atoms with Crippen molar-refractivity contribution in [1.29, 1.82) is 0 Å². The topological polar surface area (TPSA) is 0 Å². The molecule has 0 radical (unpaired) electrons. The average molecular weight is 248 g/mol. The number of hydrogen-bond donors (Lipinski definition) is 0. The highest BCUT2D eigenvalue weighted by Gasteiger charge is 2.11. The predicted molar refractivity (Wildman–Crippen MR) is 77.3 cm³/mol. The number of halogens is 1. The fraction of sp³-hybridized carbons (Fsp3) is 0. The molecule has 0 N–H and O–H groups in total. The van der Waals surface area contributed by atoms with Crippen molar-refractivity contribution in [3.63, 3.8) is 0 Å². The van der Waals surface area contributed by atoms with Crippen LogP contribution in [0.1, 0.15) is 0 Å². The lowest BCUT2D eigenvalue weighted by atomic mass is 9.94. The Hall–Kier alpha value is -2.41. The van der Waals surface area contributed by atoms with Crippen LogP contribution in [0.5, 0.6) is 0 Å². The SMILES string of the molecule is Fc1cccc(-c2ccccc2)c1-c1ccccc1. The third-order valence-electron chi connectivity index (χ3n) is 3.16. The molecule has 0 aliphatic heterocycles. The summed E-state index contributed by atoms with van der Waals surface area (Å²) in [7, 11) is 0. The fourth-order valence-electron chi connectivity index (χ4n) is 2.28. The van der Waals surface area contributed by atoms with Crippen LogP contribution in [-0.2, 0) is 0 Å². The smallest absolute Gasteiger partial charge is 0.131 e. The van der Waals surface area contributed by atoms with Gasteiger partial charge in [-0.2, -0.15) is 0 Å². The van der Waals surface area contributed by atoms with E-state index in [2.05, 4.69) is 0 Å². The highest BCUT2D eigenvalue weighted by atomic mass is 19.1. The van der Waals surface area contributed by atoms with Crippen molar-refractivity contribution in [2.45, 2.75) is 0 Å². The van der Waals surface area contributed by atoms with Crippen molar-refractivity contribution in [2.75, 3.05) is 0 Å². The first-order valence-electron chi connectivity index (χ1n) is 6.25. The summed E-state index contributed by atoms with van der Waals surface area (Å²) >= 11 is 0. The van der Waals surface area contributed by atoms with E-state index in [1.54, 1.807) is 6.07 Å². The highest BCUT2D eigenvalue weighted by molar-refractivity contribution is 5.83. The molecule has 3 aromatic rings. The summed E-state index contributed by atoms with van der Waals surface area (Å²) in [6.45, 7) is 0. The number of benzene rings is 3. The van der Waals surface area contributed by atoms with Gasteiger partial charge >= 0.3 is 0 Å². The Labute approximate surface area is 112 Å². The Morgan fingerprint density at radius 2 is 1.11 bits per heavy atom. The molecular weight excluding hydrogens is 235 g/mol. The second-order valence-electron chi connectivity index (χ2n) is 4.39. The molecule has 0 fully saturated rings. The second-order valence-corrected chi connectivity index (χ2v) is 4.39. The van der Waals surface area contributed by atoms with E-state index in [0.29, 0.717) is 5.56 Å². The standard InChI is InChI=1S/C18H13F/c19-17-13-7-12-16(14-8-3-1-4-9-14)18(17)15-10-5-2-6-11-15/h1-13H. The molecule has 0 amide bonds. The third-order valence-corrected chi connectivity index (χ3v) is 3.16. The van der Waals surface area contributed by atoms with Crippen LogP contribution >= 0.6 is 0 Å². The first-order valence-corrected chi connectivity index (χ1v) is 6.25. The minimum atomic E-state index is -0.187. The number of hydrogen-bond acceptors (Lipinski definition) is 0. The molecule has 0 heterocycles. The van der Waals surface area contributed by atoms with E-state index in [-0.39, 0.29) is 5.82 Å². The van der Waals surface area contributed by atoms with Crippen LogP contribution < -0.4 is 0 Å². The molecule has 19 heavy (non-hydrogen) atoms. The molecule has 0 bridgehead atoms. The zero-order chi connectivity index (χ0) is 13.1. The highest BCUT2D eigenvalue weighted by Crippen LogP contribution is 2.33. The van der Waals surface area contributed by atoms with Crippen LogP contribution in [0.25, 0.3) is 22.3 Å². The molecule has 3 rings (SSSR count). The van der Waals surface area contributed by atoms with Gasteiger partial charge in [-0.05, 0) is 22.8 Å². The van der Waals surface area contributed by atoms with E-state index < -0.39 is 0 Å². The summed E-state index contributed by atoms with van der Waals surface area (Å²) < 4.78 is 14.2. The maximum Gasteiger partial charge on any atom is 0.131 e. The van der Waals surface area contributed by atoms with Gasteiger partial charge in [-0.15, -0.1) is 0 Å². The van der Waals surface area contributed by atoms with E-state index in [0.717, 1.165) is 16.7 Å². The summed E-state index contributed by atoms with van der Waals surface area (Å²) in [6, 6.07) is 24.8. The minimum absolute atomic E-state index is 0.187. The molecule has 1 heteroatoms. The van der Waals surface area contributed by atoms with Crippen molar-refractivity contribution in [2.24, 2.45) is 0 Å². The van der Waals surface area contributed by atoms with Gasteiger partial charge in [0.15, 0.2) is 0 Å². The van der Waals surface area contributed by atoms with Crippen molar-refractivity contribution >= 4 is 0 Å². The molecule has 3 aromatic carbocycles. The quantitative estimate of drug-likeness (QED) is 0.587. The first kappa shape index (κ1) is 11.7. The maximum atomic E-state index is 14.2. The summed E-state index contributed by atoms with van der Waals surface area (Å²) in [6.07, 6.45) is 0.